The summed E-state index contributed by atoms with van der Waals surface area (Å²) in [5, 5.41) is 3.38. The second-order valence-electron chi connectivity index (χ2n) is 5.60. The molecule has 1 N–H and O–H groups in total. The van der Waals surface area contributed by atoms with E-state index in [4.69, 9.17) is 11.6 Å². The van der Waals surface area contributed by atoms with Gasteiger partial charge in [0.2, 0.25) is 0 Å². The van der Waals surface area contributed by atoms with Gasteiger partial charge in [-0.15, -0.1) is 0 Å². The van der Waals surface area contributed by atoms with Crippen molar-refractivity contribution in [3.05, 3.63) is 69.5 Å². The van der Waals surface area contributed by atoms with E-state index in [0.29, 0.717) is 5.56 Å². The summed E-state index contributed by atoms with van der Waals surface area (Å²) in [7, 11) is 1.85. The second kappa shape index (κ2) is 6.17. The first-order valence-electron chi connectivity index (χ1n) is 7.43. The highest BCUT2D eigenvalue weighted by Gasteiger charge is 2.19. The summed E-state index contributed by atoms with van der Waals surface area (Å²) in [5.74, 6) is -0.337. The molecule has 0 heterocycles. The van der Waals surface area contributed by atoms with Crippen molar-refractivity contribution < 1.29 is 4.39 Å². The van der Waals surface area contributed by atoms with Crippen molar-refractivity contribution in [1.82, 2.24) is 5.32 Å². The van der Waals surface area contributed by atoms with Gasteiger partial charge in [-0.3, -0.25) is 0 Å². The van der Waals surface area contributed by atoms with E-state index < -0.39 is 0 Å². The molecule has 0 radical (unpaired) electrons. The molecular formula is C18H19ClFN. The van der Waals surface area contributed by atoms with Crippen molar-refractivity contribution in [3.8, 4) is 0 Å². The maximum absolute atomic E-state index is 14.3. The summed E-state index contributed by atoms with van der Waals surface area (Å²) >= 11 is 5.91. The lowest BCUT2D eigenvalue weighted by Gasteiger charge is -2.22. The molecule has 3 rings (SSSR count). The van der Waals surface area contributed by atoms with E-state index in [1.54, 1.807) is 18.2 Å². The summed E-state index contributed by atoms with van der Waals surface area (Å²) in [5.41, 5.74) is 4.54. The molecule has 3 heteroatoms. The normalized spacial score (nSPS) is 15.6. The van der Waals surface area contributed by atoms with Crippen molar-refractivity contribution in [2.24, 2.45) is 0 Å². The Kier molecular flexibility index (Phi) is 4.27. The molecule has 1 aliphatic carbocycles. The molecule has 2 aromatic carbocycles. The summed E-state index contributed by atoms with van der Waals surface area (Å²) < 4.78 is 14.3. The van der Waals surface area contributed by atoms with Gasteiger partial charge in [-0.05, 0) is 55.5 Å². The fourth-order valence-corrected chi connectivity index (χ4v) is 3.36. The smallest absolute Gasteiger partial charge is 0.146 e. The summed E-state index contributed by atoms with van der Waals surface area (Å²) in [6, 6.07) is 11.5. The Morgan fingerprint density at radius 1 is 1.10 bits per heavy atom. The highest BCUT2D eigenvalue weighted by Crippen LogP contribution is 2.30. The quantitative estimate of drug-likeness (QED) is 0.869. The van der Waals surface area contributed by atoms with Crippen LogP contribution in [0, 0.1) is 5.82 Å². The lowest BCUT2D eigenvalue weighted by molar-refractivity contribution is 0.575. The highest BCUT2D eigenvalue weighted by molar-refractivity contribution is 6.30. The van der Waals surface area contributed by atoms with Gasteiger partial charge in [0.25, 0.3) is 0 Å². The molecule has 0 aliphatic heterocycles. The molecule has 1 unspecified atom stereocenters. The van der Waals surface area contributed by atoms with E-state index in [1.165, 1.54) is 24.0 Å². The van der Waals surface area contributed by atoms with Crippen LogP contribution in [0.1, 0.15) is 41.1 Å². The maximum Gasteiger partial charge on any atom is 0.146 e. The monoisotopic (exact) mass is 303 g/mol. The zero-order valence-corrected chi connectivity index (χ0v) is 12.9. The lowest BCUT2D eigenvalue weighted by Crippen LogP contribution is -2.19. The minimum atomic E-state index is -0.337. The first kappa shape index (κ1) is 14.6. The van der Waals surface area contributed by atoms with E-state index >= 15 is 0 Å². The van der Waals surface area contributed by atoms with Crippen LogP contribution in [-0.4, -0.2) is 7.05 Å². The van der Waals surface area contributed by atoms with Crippen molar-refractivity contribution in [2.45, 2.75) is 31.7 Å². The van der Waals surface area contributed by atoms with Gasteiger partial charge in [-0.1, -0.05) is 41.9 Å². The summed E-state index contributed by atoms with van der Waals surface area (Å²) in [6.45, 7) is 0. The number of aryl methyl sites for hydroxylation is 2. The number of rotatable bonds is 3. The van der Waals surface area contributed by atoms with Crippen LogP contribution in [0.4, 0.5) is 4.39 Å². The Morgan fingerprint density at radius 2 is 1.86 bits per heavy atom. The Hall–Kier alpha value is -1.38. The van der Waals surface area contributed by atoms with Crippen molar-refractivity contribution >= 4 is 11.6 Å². The van der Waals surface area contributed by atoms with Gasteiger partial charge in [0.05, 0.1) is 11.1 Å². The largest absolute Gasteiger partial charge is 0.309 e. The third-order valence-corrected chi connectivity index (χ3v) is 4.58. The Bertz CT molecular complexity index is 654. The fraction of sp³-hybridized carbons (Fsp3) is 0.333. The molecule has 1 atom stereocenters. The molecule has 0 saturated carbocycles. The van der Waals surface area contributed by atoms with Gasteiger partial charge in [0.15, 0.2) is 0 Å². The summed E-state index contributed by atoms with van der Waals surface area (Å²) in [4.78, 5) is 0. The van der Waals surface area contributed by atoms with Crippen LogP contribution in [-0.2, 0) is 12.8 Å². The molecule has 0 aromatic heterocycles. The fourth-order valence-electron chi connectivity index (χ4n) is 3.18. The number of benzene rings is 2. The van der Waals surface area contributed by atoms with Gasteiger partial charge in [0, 0.05) is 5.56 Å². The Morgan fingerprint density at radius 3 is 2.62 bits per heavy atom. The number of fused-ring (bicyclic) bond motifs is 1. The third-order valence-electron chi connectivity index (χ3n) is 4.29. The summed E-state index contributed by atoms with van der Waals surface area (Å²) in [6.07, 6.45) is 4.79. The molecule has 2 aromatic rings. The van der Waals surface area contributed by atoms with Crippen molar-refractivity contribution in [1.29, 1.82) is 0 Å². The zero-order chi connectivity index (χ0) is 14.8. The van der Waals surface area contributed by atoms with Crippen LogP contribution in [0.5, 0.6) is 0 Å². The van der Waals surface area contributed by atoms with Gasteiger partial charge in [-0.2, -0.15) is 0 Å². The minimum absolute atomic E-state index is 0.170. The molecule has 0 saturated heterocycles. The predicted molar refractivity (Wildman–Crippen MR) is 85.4 cm³/mol. The zero-order valence-electron chi connectivity index (χ0n) is 12.1. The number of halogens is 2. The van der Waals surface area contributed by atoms with Crippen molar-refractivity contribution in [3.63, 3.8) is 0 Å². The Balaban J connectivity index is 2.02. The van der Waals surface area contributed by atoms with Gasteiger partial charge < -0.3 is 5.32 Å². The topological polar surface area (TPSA) is 12.0 Å². The van der Waals surface area contributed by atoms with E-state index in [2.05, 4.69) is 23.5 Å². The van der Waals surface area contributed by atoms with Crippen molar-refractivity contribution in [2.75, 3.05) is 7.05 Å². The van der Waals surface area contributed by atoms with E-state index in [1.807, 2.05) is 7.05 Å². The minimum Gasteiger partial charge on any atom is -0.309 e. The number of hydrogen-bond donors (Lipinski definition) is 1. The highest BCUT2D eigenvalue weighted by atomic mass is 35.5. The molecule has 0 spiro atoms. The maximum atomic E-state index is 14.3. The van der Waals surface area contributed by atoms with Crippen LogP contribution >= 0.6 is 11.6 Å². The average molecular weight is 304 g/mol. The second-order valence-corrected chi connectivity index (χ2v) is 6.01. The molecule has 1 nitrogen and oxygen atoms in total. The molecule has 110 valence electrons. The third kappa shape index (κ3) is 2.83. The molecule has 0 amide bonds. The van der Waals surface area contributed by atoms with E-state index in [-0.39, 0.29) is 16.9 Å². The van der Waals surface area contributed by atoms with Crippen LogP contribution in [0.25, 0.3) is 0 Å². The SMILES string of the molecule is CNC(c1ccc2c(c1)CCCC2)c1cccc(Cl)c1F. The van der Waals surface area contributed by atoms with Crippen LogP contribution in [0.3, 0.4) is 0 Å². The van der Waals surface area contributed by atoms with Gasteiger partial charge in [0.1, 0.15) is 5.82 Å². The first-order valence-corrected chi connectivity index (χ1v) is 7.81. The lowest BCUT2D eigenvalue weighted by atomic mass is 9.88. The van der Waals surface area contributed by atoms with Gasteiger partial charge in [-0.25, -0.2) is 4.39 Å². The molecule has 21 heavy (non-hydrogen) atoms. The van der Waals surface area contributed by atoms with Crippen LogP contribution < -0.4 is 5.32 Å². The van der Waals surface area contributed by atoms with Crippen LogP contribution in [0.15, 0.2) is 36.4 Å². The number of hydrogen-bond acceptors (Lipinski definition) is 1. The molecule has 0 fully saturated rings. The molecular weight excluding hydrogens is 285 g/mol. The predicted octanol–water partition coefficient (Wildman–Crippen LogP) is 4.67. The average Bonchev–Trinajstić information content (AvgIpc) is 2.52. The molecule has 0 bridgehead atoms. The standard InChI is InChI=1S/C18H19ClFN/c1-21-18(15-7-4-8-16(19)17(15)20)14-10-9-12-5-2-3-6-13(12)11-14/h4,7-11,18,21H,2-3,5-6H2,1H3. The Labute approximate surface area is 130 Å². The van der Waals surface area contributed by atoms with E-state index in [9.17, 15) is 4.39 Å². The van der Waals surface area contributed by atoms with Crippen LogP contribution in [0.2, 0.25) is 5.02 Å². The molecule has 1 aliphatic rings. The van der Waals surface area contributed by atoms with Gasteiger partial charge >= 0.3 is 0 Å². The van der Waals surface area contributed by atoms with E-state index in [0.717, 1.165) is 18.4 Å². The first-order chi connectivity index (χ1) is 10.2. The number of nitrogens with one attached hydrogen (secondary N) is 1.